The van der Waals surface area contributed by atoms with E-state index in [2.05, 4.69) is 29.4 Å². The number of aliphatic hydroxyl groups is 1. The highest BCUT2D eigenvalue weighted by molar-refractivity contribution is 5.95. The lowest BCUT2D eigenvalue weighted by Gasteiger charge is -2.48. The van der Waals surface area contributed by atoms with Gasteiger partial charge in [0.1, 0.15) is 0 Å². The molecule has 1 spiro atoms. The zero-order valence-corrected chi connectivity index (χ0v) is 19.7. The van der Waals surface area contributed by atoms with Gasteiger partial charge in [0.2, 0.25) is 0 Å². The molecular formula is C24H41N3O3. The van der Waals surface area contributed by atoms with E-state index in [-0.39, 0.29) is 5.91 Å². The van der Waals surface area contributed by atoms with Crippen molar-refractivity contribution in [2.75, 3.05) is 47.4 Å². The van der Waals surface area contributed by atoms with E-state index >= 15 is 0 Å². The maximum atomic E-state index is 13.3. The molecule has 2 fully saturated rings. The van der Waals surface area contributed by atoms with E-state index in [1.165, 1.54) is 0 Å². The lowest BCUT2D eigenvalue weighted by molar-refractivity contribution is -0.0615. The first-order chi connectivity index (χ1) is 14.2. The van der Waals surface area contributed by atoms with Crippen molar-refractivity contribution in [2.45, 2.75) is 70.9 Å². The van der Waals surface area contributed by atoms with Crippen LogP contribution in [0, 0.1) is 19.3 Å². The molecule has 0 aromatic carbocycles. The Morgan fingerprint density at radius 3 is 2.33 bits per heavy atom. The third-order valence-corrected chi connectivity index (χ3v) is 7.50. The van der Waals surface area contributed by atoms with Gasteiger partial charge in [-0.05, 0) is 84.4 Å². The van der Waals surface area contributed by atoms with Crippen LogP contribution in [-0.2, 0) is 11.3 Å². The fraction of sp³-hybridized carbons (Fsp3) is 0.792. The van der Waals surface area contributed by atoms with Crippen molar-refractivity contribution in [2.24, 2.45) is 5.41 Å². The molecule has 0 bridgehead atoms. The Morgan fingerprint density at radius 1 is 1.13 bits per heavy atom. The van der Waals surface area contributed by atoms with Crippen LogP contribution < -0.4 is 0 Å². The van der Waals surface area contributed by atoms with E-state index in [1.807, 2.05) is 19.0 Å². The third kappa shape index (κ3) is 5.09. The van der Waals surface area contributed by atoms with Crippen molar-refractivity contribution in [1.82, 2.24) is 14.4 Å². The Bertz CT molecular complexity index is 722. The van der Waals surface area contributed by atoms with Crippen LogP contribution in [0.25, 0.3) is 0 Å². The average Bonchev–Trinajstić information content (AvgIpc) is 2.98. The molecule has 2 aliphatic rings. The SMILES string of the molecule is COCCCn1c(C)cc(C(=O)N2CCC3(CC2)CCC(O)(CN(C)C)CC3)c1C. The highest BCUT2D eigenvalue weighted by Gasteiger charge is 2.44. The van der Waals surface area contributed by atoms with Crippen molar-refractivity contribution < 1.29 is 14.6 Å². The Balaban J connectivity index is 1.58. The molecule has 1 N–H and O–H groups in total. The number of carbonyl (C=O) groups is 1. The second kappa shape index (κ2) is 9.41. The molecule has 3 rings (SSSR count). The summed E-state index contributed by atoms with van der Waals surface area (Å²) in [6.07, 6.45) is 6.98. The Labute approximate surface area is 182 Å². The summed E-state index contributed by atoms with van der Waals surface area (Å²) in [4.78, 5) is 17.4. The van der Waals surface area contributed by atoms with E-state index in [0.29, 0.717) is 5.41 Å². The summed E-state index contributed by atoms with van der Waals surface area (Å²) >= 11 is 0. The average molecular weight is 420 g/mol. The highest BCUT2D eigenvalue weighted by Crippen LogP contribution is 2.47. The van der Waals surface area contributed by atoms with Gasteiger partial charge in [-0.3, -0.25) is 4.79 Å². The predicted octanol–water partition coefficient (Wildman–Crippen LogP) is 3.23. The minimum atomic E-state index is -0.540. The normalized spacial score (nSPS) is 20.8. The number of hydrogen-bond acceptors (Lipinski definition) is 4. The molecule has 2 heterocycles. The number of amides is 1. The molecular weight excluding hydrogens is 378 g/mol. The number of likely N-dealkylation sites (N-methyl/N-ethyl adjacent to an activating group) is 1. The van der Waals surface area contributed by atoms with Gasteiger partial charge < -0.3 is 24.2 Å². The first-order valence-corrected chi connectivity index (χ1v) is 11.5. The predicted molar refractivity (Wildman–Crippen MR) is 120 cm³/mol. The number of methoxy groups -OCH3 is 1. The minimum absolute atomic E-state index is 0.177. The van der Waals surface area contributed by atoms with Crippen LogP contribution in [0.3, 0.4) is 0 Å². The summed E-state index contributed by atoms with van der Waals surface area (Å²) in [5, 5.41) is 10.9. The molecule has 170 valence electrons. The monoisotopic (exact) mass is 419 g/mol. The molecule has 1 saturated heterocycles. The fourth-order valence-corrected chi connectivity index (χ4v) is 5.58. The van der Waals surface area contributed by atoms with Gasteiger partial charge in [-0.2, -0.15) is 0 Å². The summed E-state index contributed by atoms with van der Waals surface area (Å²) in [6.45, 7) is 8.17. The van der Waals surface area contributed by atoms with Gasteiger partial charge in [-0.25, -0.2) is 0 Å². The van der Waals surface area contributed by atoms with Gasteiger partial charge >= 0.3 is 0 Å². The topological polar surface area (TPSA) is 57.9 Å². The van der Waals surface area contributed by atoms with E-state index in [4.69, 9.17) is 4.74 Å². The van der Waals surface area contributed by atoms with Gasteiger partial charge in [0.25, 0.3) is 5.91 Å². The summed E-state index contributed by atoms with van der Waals surface area (Å²) in [6, 6.07) is 2.05. The second-order valence-electron chi connectivity index (χ2n) is 10.0. The van der Waals surface area contributed by atoms with Crippen LogP contribution in [0.4, 0.5) is 0 Å². The number of piperidine rings is 1. The summed E-state index contributed by atoms with van der Waals surface area (Å²) in [5.41, 5.74) is 2.84. The molecule has 0 atom stereocenters. The number of ether oxygens (including phenoxy) is 1. The van der Waals surface area contributed by atoms with Crippen LogP contribution >= 0.6 is 0 Å². The van der Waals surface area contributed by atoms with E-state index < -0.39 is 5.60 Å². The van der Waals surface area contributed by atoms with Crippen LogP contribution in [-0.4, -0.2) is 78.4 Å². The zero-order chi connectivity index (χ0) is 21.9. The van der Waals surface area contributed by atoms with Gasteiger partial charge in [-0.15, -0.1) is 0 Å². The van der Waals surface area contributed by atoms with Gasteiger partial charge in [-0.1, -0.05) is 0 Å². The number of nitrogens with zero attached hydrogens (tertiary/aromatic N) is 3. The number of likely N-dealkylation sites (tertiary alicyclic amines) is 1. The first-order valence-electron chi connectivity index (χ1n) is 11.5. The molecule has 0 unspecified atom stereocenters. The molecule has 1 aromatic rings. The number of rotatable bonds is 7. The number of aromatic nitrogens is 1. The Kier molecular flexibility index (Phi) is 7.31. The molecule has 6 nitrogen and oxygen atoms in total. The maximum absolute atomic E-state index is 13.3. The first kappa shape index (κ1) is 23.3. The minimum Gasteiger partial charge on any atom is -0.389 e. The van der Waals surface area contributed by atoms with E-state index in [0.717, 1.165) is 94.7 Å². The maximum Gasteiger partial charge on any atom is 0.255 e. The van der Waals surface area contributed by atoms with Crippen LogP contribution in [0.1, 0.15) is 66.7 Å². The molecule has 30 heavy (non-hydrogen) atoms. The second-order valence-corrected chi connectivity index (χ2v) is 10.0. The summed E-state index contributed by atoms with van der Waals surface area (Å²) < 4.78 is 7.41. The van der Waals surface area contributed by atoms with Gasteiger partial charge in [0.05, 0.1) is 11.2 Å². The zero-order valence-electron chi connectivity index (χ0n) is 19.7. The molecule has 0 radical (unpaired) electrons. The Hall–Kier alpha value is -1.37. The fourth-order valence-electron chi connectivity index (χ4n) is 5.58. The van der Waals surface area contributed by atoms with Crippen LogP contribution in [0.15, 0.2) is 6.07 Å². The number of hydrogen-bond donors (Lipinski definition) is 1. The third-order valence-electron chi connectivity index (χ3n) is 7.50. The highest BCUT2D eigenvalue weighted by atomic mass is 16.5. The van der Waals surface area contributed by atoms with Crippen molar-refractivity contribution in [1.29, 1.82) is 0 Å². The molecule has 1 aromatic heterocycles. The van der Waals surface area contributed by atoms with Crippen LogP contribution in [0.2, 0.25) is 0 Å². The van der Waals surface area contributed by atoms with Crippen molar-refractivity contribution in [3.05, 3.63) is 23.0 Å². The molecule has 1 aliphatic carbocycles. The van der Waals surface area contributed by atoms with E-state index in [1.54, 1.807) is 7.11 Å². The summed E-state index contributed by atoms with van der Waals surface area (Å²) in [7, 11) is 5.78. The largest absolute Gasteiger partial charge is 0.389 e. The van der Waals surface area contributed by atoms with Gasteiger partial charge in [0.15, 0.2) is 0 Å². The molecule has 1 amide bonds. The smallest absolute Gasteiger partial charge is 0.255 e. The van der Waals surface area contributed by atoms with Gasteiger partial charge in [0, 0.05) is 51.3 Å². The number of carbonyl (C=O) groups excluding carboxylic acids is 1. The van der Waals surface area contributed by atoms with Crippen LogP contribution in [0.5, 0.6) is 0 Å². The molecule has 6 heteroatoms. The van der Waals surface area contributed by atoms with E-state index in [9.17, 15) is 9.90 Å². The lowest BCUT2D eigenvalue weighted by atomic mass is 9.64. The lowest BCUT2D eigenvalue weighted by Crippen LogP contribution is -2.49. The number of aryl methyl sites for hydroxylation is 1. The summed E-state index contributed by atoms with van der Waals surface area (Å²) in [5.74, 6) is 0.177. The quantitative estimate of drug-likeness (QED) is 0.690. The Morgan fingerprint density at radius 2 is 1.77 bits per heavy atom. The molecule has 1 saturated carbocycles. The standard InChI is InChI=1S/C24H41N3O3/c1-19-17-21(20(2)27(19)13-6-16-30-5)22(28)26-14-11-23(12-15-26)7-9-24(29,10-8-23)18-25(3)4/h17,29H,6-16,18H2,1-5H3. The van der Waals surface area contributed by atoms with Crippen molar-refractivity contribution in [3.8, 4) is 0 Å². The molecule has 1 aliphatic heterocycles. The van der Waals surface area contributed by atoms with Crippen molar-refractivity contribution in [3.63, 3.8) is 0 Å². The van der Waals surface area contributed by atoms with Crippen molar-refractivity contribution >= 4 is 5.91 Å².